The highest BCUT2D eigenvalue weighted by atomic mass is 16.5. The van der Waals surface area contributed by atoms with Gasteiger partial charge in [-0.05, 0) is 39.7 Å². The molecular weight excluding hydrogens is 320 g/mol. The summed E-state index contributed by atoms with van der Waals surface area (Å²) in [6.07, 6.45) is 1.50. The highest BCUT2D eigenvalue weighted by Gasteiger charge is 2.32. The van der Waals surface area contributed by atoms with Crippen LogP contribution in [0.5, 0.6) is 0 Å². The molecule has 0 saturated heterocycles. The van der Waals surface area contributed by atoms with Gasteiger partial charge in [0.1, 0.15) is 0 Å². The molecule has 1 rings (SSSR count). The lowest BCUT2D eigenvalue weighted by molar-refractivity contribution is -0.123. The first-order chi connectivity index (χ1) is 11.7. The first-order valence-electron chi connectivity index (χ1n) is 8.82. The van der Waals surface area contributed by atoms with Gasteiger partial charge in [-0.3, -0.25) is 0 Å². The van der Waals surface area contributed by atoms with Crippen LogP contribution in [-0.2, 0) is 15.9 Å². The van der Waals surface area contributed by atoms with Gasteiger partial charge in [-0.15, -0.1) is 0 Å². The number of aliphatic hydroxyl groups excluding tert-OH is 3. The summed E-state index contributed by atoms with van der Waals surface area (Å²) >= 11 is 0. The topological polar surface area (TPSA) is 79.2 Å². The fourth-order valence-electron chi connectivity index (χ4n) is 2.42. The Morgan fingerprint density at radius 2 is 1.36 bits per heavy atom. The molecule has 0 bridgehead atoms. The van der Waals surface area contributed by atoms with Crippen LogP contribution in [0.3, 0.4) is 0 Å². The Bertz CT molecular complexity index is 472. The molecule has 0 amide bonds. The predicted octanol–water partition coefficient (Wildman–Crippen LogP) is 2.17. The summed E-state index contributed by atoms with van der Waals surface area (Å²) in [7, 11) is 0. The quantitative estimate of drug-likeness (QED) is 0.536. The van der Waals surface area contributed by atoms with E-state index in [9.17, 15) is 15.3 Å². The average Bonchev–Trinajstić information content (AvgIpc) is 2.56. The van der Waals surface area contributed by atoms with Gasteiger partial charge < -0.3 is 24.8 Å². The Balaban J connectivity index is 2.44. The summed E-state index contributed by atoms with van der Waals surface area (Å²) in [4.78, 5) is 0. The maximum Gasteiger partial charge on any atom is 0.0666 e. The van der Waals surface area contributed by atoms with Crippen LogP contribution >= 0.6 is 0 Å². The van der Waals surface area contributed by atoms with E-state index in [-0.39, 0.29) is 32.0 Å². The number of benzene rings is 1. The molecule has 1 aromatic rings. The van der Waals surface area contributed by atoms with Crippen LogP contribution in [0, 0.1) is 5.41 Å². The Kier molecular flexibility index (Phi) is 8.51. The van der Waals surface area contributed by atoms with Crippen LogP contribution < -0.4 is 0 Å². The number of aliphatic hydroxyl groups is 3. The zero-order valence-corrected chi connectivity index (χ0v) is 16.0. The number of rotatable bonds is 12. The third-order valence-corrected chi connectivity index (χ3v) is 4.44. The van der Waals surface area contributed by atoms with Crippen molar-refractivity contribution in [3.05, 3.63) is 35.9 Å². The second kappa shape index (κ2) is 9.64. The molecule has 0 atom stereocenters. The van der Waals surface area contributed by atoms with Crippen LogP contribution in [0.25, 0.3) is 0 Å². The molecule has 0 heterocycles. The van der Waals surface area contributed by atoms with E-state index in [4.69, 9.17) is 9.47 Å². The van der Waals surface area contributed by atoms with Crippen molar-refractivity contribution in [3.8, 4) is 0 Å². The second-order valence-electron chi connectivity index (χ2n) is 8.04. The van der Waals surface area contributed by atoms with E-state index in [1.54, 1.807) is 0 Å². The summed E-state index contributed by atoms with van der Waals surface area (Å²) in [6, 6.07) is 10.2. The molecular formula is C20H34O5. The second-order valence-corrected chi connectivity index (χ2v) is 8.04. The van der Waals surface area contributed by atoms with Crippen molar-refractivity contribution in [3.63, 3.8) is 0 Å². The van der Waals surface area contributed by atoms with Gasteiger partial charge in [-0.2, -0.15) is 0 Å². The summed E-state index contributed by atoms with van der Waals surface area (Å²) in [5.74, 6) is 0. The van der Waals surface area contributed by atoms with Crippen LogP contribution in [-0.4, -0.2) is 59.6 Å². The standard InChI is InChI=1S/C20H34O5/c1-18(2,25-16-20(13-21,14-22)15-23)10-11-24-19(3,4)12-17-8-6-5-7-9-17/h5-9,21-23H,10-16H2,1-4H3. The van der Waals surface area contributed by atoms with E-state index in [1.807, 2.05) is 32.0 Å². The maximum atomic E-state index is 9.37. The third-order valence-electron chi connectivity index (χ3n) is 4.44. The van der Waals surface area contributed by atoms with Crippen molar-refractivity contribution in [1.29, 1.82) is 0 Å². The lowest BCUT2D eigenvalue weighted by atomic mass is 9.92. The van der Waals surface area contributed by atoms with Gasteiger partial charge in [0.15, 0.2) is 0 Å². The number of hydrogen-bond acceptors (Lipinski definition) is 5. The molecule has 0 aliphatic carbocycles. The predicted molar refractivity (Wildman–Crippen MR) is 98.5 cm³/mol. The average molecular weight is 354 g/mol. The Morgan fingerprint density at radius 1 is 0.800 bits per heavy atom. The smallest absolute Gasteiger partial charge is 0.0666 e. The van der Waals surface area contributed by atoms with E-state index in [0.717, 1.165) is 6.42 Å². The molecule has 0 saturated carbocycles. The van der Waals surface area contributed by atoms with Gasteiger partial charge in [-0.25, -0.2) is 0 Å². The van der Waals surface area contributed by atoms with Crippen LogP contribution in [0.4, 0.5) is 0 Å². The molecule has 0 spiro atoms. The molecule has 1 aromatic carbocycles. The summed E-state index contributed by atoms with van der Waals surface area (Å²) < 4.78 is 11.9. The number of ether oxygens (including phenoxy) is 2. The van der Waals surface area contributed by atoms with Gasteiger partial charge in [0.25, 0.3) is 0 Å². The molecule has 144 valence electrons. The normalized spacial score (nSPS) is 13.2. The number of hydrogen-bond donors (Lipinski definition) is 3. The van der Waals surface area contributed by atoms with Gasteiger partial charge >= 0.3 is 0 Å². The van der Waals surface area contributed by atoms with Gasteiger partial charge in [0.2, 0.25) is 0 Å². The van der Waals surface area contributed by atoms with Crippen molar-refractivity contribution in [1.82, 2.24) is 0 Å². The highest BCUT2D eigenvalue weighted by molar-refractivity contribution is 5.16. The van der Waals surface area contributed by atoms with E-state index in [2.05, 4.69) is 26.0 Å². The molecule has 25 heavy (non-hydrogen) atoms. The monoisotopic (exact) mass is 354 g/mol. The lowest BCUT2D eigenvalue weighted by Crippen LogP contribution is -2.42. The first-order valence-corrected chi connectivity index (χ1v) is 8.82. The van der Waals surface area contributed by atoms with Crippen molar-refractivity contribution < 1.29 is 24.8 Å². The molecule has 5 heteroatoms. The Hall–Kier alpha value is -0.980. The summed E-state index contributed by atoms with van der Waals surface area (Å²) in [5.41, 5.74) is -0.525. The largest absolute Gasteiger partial charge is 0.396 e. The minimum atomic E-state index is -1.01. The Morgan fingerprint density at radius 3 is 1.88 bits per heavy atom. The van der Waals surface area contributed by atoms with Crippen LogP contribution in [0.1, 0.15) is 39.7 Å². The van der Waals surface area contributed by atoms with Crippen molar-refractivity contribution >= 4 is 0 Å². The van der Waals surface area contributed by atoms with Crippen molar-refractivity contribution in [2.45, 2.75) is 51.7 Å². The molecule has 0 unspecified atom stereocenters. The summed E-state index contributed by atoms with van der Waals surface area (Å²) in [6.45, 7) is 7.69. The van der Waals surface area contributed by atoms with Gasteiger partial charge in [-0.1, -0.05) is 30.3 Å². The molecule has 0 fully saturated rings. The fourth-order valence-corrected chi connectivity index (χ4v) is 2.42. The van der Waals surface area contributed by atoms with Crippen LogP contribution in [0.2, 0.25) is 0 Å². The van der Waals surface area contributed by atoms with E-state index < -0.39 is 11.0 Å². The van der Waals surface area contributed by atoms with Crippen molar-refractivity contribution in [2.24, 2.45) is 5.41 Å². The first kappa shape index (κ1) is 22.1. The Labute approximate surface area is 151 Å². The minimum Gasteiger partial charge on any atom is -0.396 e. The third kappa shape index (κ3) is 7.84. The van der Waals surface area contributed by atoms with E-state index in [1.165, 1.54) is 5.56 Å². The molecule has 0 aliphatic rings. The van der Waals surface area contributed by atoms with E-state index in [0.29, 0.717) is 13.0 Å². The lowest BCUT2D eigenvalue weighted by Gasteiger charge is -2.34. The fraction of sp³-hybridized carbons (Fsp3) is 0.700. The SMILES string of the molecule is CC(C)(CCOC(C)(C)Cc1ccccc1)OCC(CO)(CO)CO. The van der Waals surface area contributed by atoms with Crippen molar-refractivity contribution in [2.75, 3.05) is 33.0 Å². The van der Waals surface area contributed by atoms with Gasteiger partial charge in [0.05, 0.1) is 49.7 Å². The summed E-state index contributed by atoms with van der Waals surface area (Å²) in [5, 5.41) is 28.1. The molecule has 5 nitrogen and oxygen atoms in total. The zero-order chi connectivity index (χ0) is 19.0. The van der Waals surface area contributed by atoms with Gasteiger partial charge in [0, 0.05) is 6.42 Å². The van der Waals surface area contributed by atoms with Crippen LogP contribution in [0.15, 0.2) is 30.3 Å². The molecule has 3 N–H and O–H groups in total. The molecule has 0 aliphatic heterocycles. The molecule has 0 radical (unpaired) electrons. The van der Waals surface area contributed by atoms with E-state index >= 15 is 0 Å². The highest BCUT2D eigenvalue weighted by Crippen LogP contribution is 2.24. The zero-order valence-electron chi connectivity index (χ0n) is 16.0. The molecule has 0 aromatic heterocycles. The minimum absolute atomic E-state index is 0.0942. The maximum absolute atomic E-state index is 9.37.